The van der Waals surface area contributed by atoms with E-state index in [1.807, 2.05) is 45.0 Å². The molecule has 2 unspecified atom stereocenters. The molecule has 0 saturated heterocycles. The van der Waals surface area contributed by atoms with Crippen molar-refractivity contribution in [2.45, 2.75) is 52.2 Å². The molecule has 0 aliphatic rings. The van der Waals surface area contributed by atoms with Gasteiger partial charge in [-0.15, -0.1) is 0 Å². The lowest BCUT2D eigenvalue weighted by atomic mass is 10.00. The number of carbonyl (C=O) groups is 2. The van der Waals surface area contributed by atoms with Crippen molar-refractivity contribution >= 4 is 11.9 Å². The fourth-order valence-corrected chi connectivity index (χ4v) is 1.84. The maximum atomic E-state index is 11.8. The number of carbonyl (C=O) groups excluding carboxylic acids is 1. The second-order valence-corrected chi connectivity index (χ2v) is 5.57. The van der Waals surface area contributed by atoms with Gasteiger partial charge in [0.1, 0.15) is 0 Å². The fraction of sp³-hybridized carbons (Fsp3) is 0.500. The molecule has 0 aliphatic heterocycles. The van der Waals surface area contributed by atoms with Crippen LogP contribution in [-0.2, 0) is 16.1 Å². The van der Waals surface area contributed by atoms with Crippen molar-refractivity contribution in [2.75, 3.05) is 0 Å². The summed E-state index contributed by atoms with van der Waals surface area (Å²) in [6.45, 7) is 7.89. The van der Waals surface area contributed by atoms with Crippen LogP contribution < -0.4 is 10.6 Å². The summed E-state index contributed by atoms with van der Waals surface area (Å²) in [4.78, 5) is 22.7. The molecule has 116 valence electrons. The van der Waals surface area contributed by atoms with Gasteiger partial charge in [0.25, 0.3) is 0 Å². The molecular weight excluding hydrogens is 268 g/mol. The Bertz CT molecular complexity index is 483. The summed E-state index contributed by atoms with van der Waals surface area (Å²) < 4.78 is 0. The van der Waals surface area contributed by atoms with Gasteiger partial charge < -0.3 is 15.7 Å². The zero-order valence-electron chi connectivity index (χ0n) is 13.0. The average Bonchev–Trinajstić information content (AvgIpc) is 2.43. The van der Waals surface area contributed by atoms with Gasteiger partial charge in [0, 0.05) is 12.6 Å². The molecule has 0 fully saturated rings. The third-order valence-electron chi connectivity index (χ3n) is 3.29. The molecule has 1 aromatic carbocycles. The largest absolute Gasteiger partial charge is 0.481 e. The molecular formula is C16H24N2O3. The highest BCUT2D eigenvalue weighted by molar-refractivity contribution is 5.81. The topological polar surface area (TPSA) is 78.4 Å². The van der Waals surface area contributed by atoms with Crippen LogP contribution in [0, 0.1) is 0 Å². The molecule has 1 amide bonds. The molecule has 5 heteroatoms. The molecule has 0 heterocycles. The number of carboxylic acid groups (broad SMARTS) is 1. The summed E-state index contributed by atoms with van der Waals surface area (Å²) in [6.07, 6.45) is 0. The molecule has 0 spiro atoms. The van der Waals surface area contributed by atoms with E-state index in [0.29, 0.717) is 6.54 Å². The van der Waals surface area contributed by atoms with E-state index < -0.39 is 11.9 Å². The lowest BCUT2D eigenvalue weighted by Crippen LogP contribution is -2.44. The molecule has 0 radical (unpaired) electrons. The highest BCUT2D eigenvalue weighted by atomic mass is 16.4. The van der Waals surface area contributed by atoms with Crippen LogP contribution in [-0.4, -0.2) is 29.1 Å². The Hall–Kier alpha value is -1.88. The summed E-state index contributed by atoms with van der Waals surface area (Å²) in [7, 11) is 0. The molecule has 3 N–H and O–H groups in total. The molecule has 0 bridgehead atoms. The quantitative estimate of drug-likeness (QED) is 0.717. The van der Waals surface area contributed by atoms with Crippen LogP contribution in [0.25, 0.3) is 0 Å². The Morgan fingerprint density at radius 2 is 1.67 bits per heavy atom. The van der Waals surface area contributed by atoms with E-state index in [2.05, 4.69) is 10.6 Å². The van der Waals surface area contributed by atoms with Gasteiger partial charge in [-0.25, -0.2) is 0 Å². The third-order valence-corrected chi connectivity index (χ3v) is 3.29. The number of hydrogen-bond acceptors (Lipinski definition) is 3. The lowest BCUT2D eigenvalue weighted by molar-refractivity contribution is -0.138. The zero-order chi connectivity index (χ0) is 16.0. The Labute approximate surface area is 125 Å². The summed E-state index contributed by atoms with van der Waals surface area (Å²) in [5.41, 5.74) is 1.79. The Kier molecular flexibility index (Phi) is 6.37. The monoisotopic (exact) mass is 292 g/mol. The number of amides is 1. The van der Waals surface area contributed by atoms with Gasteiger partial charge in [-0.2, -0.15) is 0 Å². The molecule has 5 nitrogen and oxygen atoms in total. The maximum absolute atomic E-state index is 11.8. The molecule has 21 heavy (non-hydrogen) atoms. The summed E-state index contributed by atoms with van der Waals surface area (Å²) in [5, 5.41) is 15.0. The number of rotatable bonds is 7. The van der Waals surface area contributed by atoms with Crippen LogP contribution in [0.3, 0.4) is 0 Å². The van der Waals surface area contributed by atoms with Crippen molar-refractivity contribution in [1.29, 1.82) is 0 Å². The van der Waals surface area contributed by atoms with Gasteiger partial charge in [0.15, 0.2) is 0 Å². The van der Waals surface area contributed by atoms with E-state index in [4.69, 9.17) is 5.11 Å². The van der Waals surface area contributed by atoms with Crippen molar-refractivity contribution in [3.8, 4) is 0 Å². The molecule has 1 rings (SSSR count). The van der Waals surface area contributed by atoms with Crippen molar-refractivity contribution in [3.05, 3.63) is 35.4 Å². The maximum Gasteiger partial charge on any atom is 0.310 e. The van der Waals surface area contributed by atoms with Crippen LogP contribution in [0.2, 0.25) is 0 Å². The first-order chi connectivity index (χ1) is 9.81. The van der Waals surface area contributed by atoms with Gasteiger partial charge >= 0.3 is 5.97 Å². The van der Waals surface area contributed by atoms with E-state index in [0.717, 1.165) is 11.1 Å². The van der Waals surface area contributed by atoms with Gasteiger partial charge in [-0.3, -0.25) is 9.59 Å². The highest BCUT2D eigenvalue weighted by Crippen LogP contribution is 2.16. The Morgan fingerprint density at radius 1 is 1.10 bits per heavy atom. The van der Waals surface area contributed by atoms with E-state index in [-0.39, 0.29) is 18.0 Å². The standard InChI is InChI=1S/C16H24N2O3/c1-10(2)18-15(19)12(4)17-9-13-5-7-14(8-6-13)11(3)16(20)21/h5-8,10-12,17H,9H2,1-4H3,(H,18,19)(H,20,21). The highest BCUT2D eigenvalue weighted by Gasteiger charge is 2.14. The number of nitrogens with one attached hydrogen (secondary N) is 2. The van der Waals surface area contributed by atoms with Crippen LogP contribution in [0.4, 0.5) is 0 Å². The van der Waals surface area contributed by atoms with Gasteiger partial charge in [0.2, 0.25) is 5.91 Å². The number of carboxylic acids is 1. The minimum atomic E-state index is -0.833. The first-order valence-corrected chi connectivity index (χ1v) is 7.16. The van der Waals surface area contributed by atoms with E-state index in [1.54, 1.807) is 6.92 Å². The molecule has 1 aromatic rings. The average molecular weight is 292 g/mol. The zero-order valence-corrected chi connectivity index (χ0v) is 13.0. The van der Waals surface area contributed by atoms with Crippen molar-refractivity contribution in [3.63, 3.8) is 0 Å². The lowest BCUT2D eigenvalue weighted by Gasteiger charge is -2.16. The Balaban J connectivity index is 2.53. The van der Waals surface area contributed by atoms with Crippen LogP contribution >= 0.6 is 0 Å². The Morgan fingerprint density at radius 3 is 2.14 bits per heavy atom. The van der Waals surface area contributed by atoms with Crippen LogP contribution in [0.15, 0.2) is 24.3 Å². The van der Waals surface area contributed by atoms with Crippen LogP contribution in [0.5, 0.6) is 0 Å². The molecule has 0 aromatic heterocycles. The second-order valence-electron chi connectivity index (χ2n) is 5.57. The van der Waals surface area contributed by atoms with Gasteiger partial charge in [-0.05, 0) is 38.8 Å². The van der Waals surface area contributed by atoms with Crippen LogP contribution in [0.1, 0.15) is 44.7 Å². The fourth-order valence-electron chi connectivity index (χ4n) is 1.84. The first-order valence-electron chi connectivity index (χ1n) is 7.16. The minimum absolute atomic E-state index is 0.0267. The predicted octanol–water partition coefficient (Wildman–Crippen LogP) is 1.88. The van der Waals surface area contributed by atoms with E-state index in [9.17, 15) is 9.59 Å². The SMILES string of the molecule is CC(C)NC(=O)C(C)NCc1ccc(C(C)C(=O)O)cc1. The number of hydrogen-bond donors (Lipinski definition) is 3. The first kappa shape index (κ1) is 17.2. The van der Waals surface area contributed by atoms with E-state index >= 15 is 0 Å². The van der Waals surface area contributed by atoms with Gasteiger partial charge in [0.05, 0.1) is 12.0 Å². The second kappa shape index (κ2) is 7.78. The van der Waals surface area contributed by atoms with Crippen molar-refractivity contribution in [1.82, 2.24) is 10.6 Å². The van der Waals surface area contributed by atoms with Crippen molar-refractivity contribution in [2.24, 2.45) is 0 Å². The summed E-state index contributed by atoms with van der Waals surface area (Å²) in [5.74, 6) is -1.37. The minimum Gasteiger partial charge on any atom is -0.481 e. The third kappa shape index (κ3) is 5.55. The predicted molar refractivity (Wildman–Crippen MR) is 82.1 cm³/mol. The normalized spacial score (nSPS) is 13.8. The molecule has 0 saturated carbocycles. The smallest absolute Gasteiger partial charge is 0.310 e. The van der Waals surface area contributed by atoms with E-state index in [1.165, 1.54) is 0 Å². The van der Waals surface area contributed by atoms with Crippen molar-refractivity contribution < 1.29 is 14.7 Å². The van der Waals surface area contributed by atoms with Gasteiger partial charge in [-0.1, -0.05) is 24.3 Å². The number of benzene rings is 1. The number of aliphatic carboxylic acids is 1. The molecule has 2 atom stereocenters. The summed E-state index contributed by atoms with van der Waals surface area (Å²) >= 11 is 0. The summed E-state index contributed by atoms with van der Waals surface area (Å²) in [6, 6.07) is 7.25. The molecule has 0 aliphatic carbocycles.